The van der Waals surface area contributed by atoms with Crippen LogP contribution in [0.15, 0.2) is 17.2 Å². The predicted molar refractivity (Wildman–Crippen MR) is 68.2 cm³/mol. The Hall–Kier alpha value is -3.22. The smallest absolute Gasteiger partial charge is 0.307 e. The fraction of sp³-hybridized carbons (Fsp3) is 0.100. The number of halogens is 1. The molecule has 10 heteroatoms. The van der Waals surface area contributed by atoms with E-state index in [1.807, 2.05) is 0 Å². The number of ether oxygens (including phenoxy) is 1. The Morgan fingerprint density at radius 1 is 1.70 bits per heavy atom. The van der Waals surface area contributed by atoms with Crippen LogP contribution in [0.3, 0.4) is 0 Å². The Balaban J connectivity index is 3.24. The first kappa shape index (κ1) is 14.8. The molecule has 1 aromatic carbocycles. The fourth-order valence-corrected chi connectivity index (χ4v) is 1.20. The number of hydrogen-bond donors (Lipinski definition) is 3. The molecule has 4 N–H and O–H groups in total. The minimum absolute atomic E-state index is 0.0467. The van der Waals surface area contributed by atoms with Crippen molar-refractivity contribution in [2.75, 3.05) is 12.5 Å². The maximum Gasteiger partial charge on any atom is 0.307 e. The number of nitro benzene ring substituents is 1. The second-order valence-electron chi connectivity index (χ2n) is 3.36. The van der Waals surface area contributed by atoms with E-state index in [1.165, 1.54) is 7.11 Å². The molecule has 0 aliphatic rings. The van der Waals surface area contributed by atoms with E-state index in [0.717, 1.165) is 12.1 Å². The average Bonchev–Trinajstić information content (AvgIpc) is 2.39. The van der Waals surface area contributed by atoms with Gasteiger partial charge >= 0.3 is 5.69 Å². The molecular formula is C10H9FN6O3. The molecule has 0 bridgehead atoms. The molecule has 0 unspecified atom stereocenters. The number of nitrogens with two attached hydrogens (primary N) is 1. The minimum Gasteiger partial charge on any atom is -0.494 e. The molecule has 1 rings (SSSR count). The molecule has 20 heavy (non-hydrogen) atoms. The quantitative estimate of drug-likeness (QED) is 0.316. The van der Waals surface area contributed by atoms with Crippen molar-refractivity contribution in [2.45, 2.75) is 0 Å². The van der Waals surface area contributed by atoms with Crippen LogP contribution in [-0.4, -0.2) is 23.6 Å². The zero-order valence-corrected chi connectivity index (χ0v) is 10.2. The van der Waals surface area contributed by atoms with Gasteiger partial charge in [-0.25, -0.2) is 0 Å². The lowest BCUT2D eigenvalue weighted by atomic mass is 10.2. The maximum atomic E-state index is 13.4. The van der Waals surface area contributed by atoms with Crippen LogP contribution in [0.1, 0.15) is 0 Å². The fourth-order valence-electron chi connectivity index (χ4n) is 1.20. The highest BCUT2D eigenvalue weighted by Crippen LogP contribution is 2.31. The number of hydrazone groups is 1. The van der Waals surface area contributed by atoms with Gasteiger partial charge in [-0.2, -0.15) is 14.8 Å². The van der Waals surface area contributed by atoms with Crippen LogP contribution < -0.4 is 15.9 Å². The Bertz CT molecular complexity index is 637. The number of methoxy groups -OCH3 is 1. The topological polar surface area (TPSA) is 150 Å². The molecule has 0 amide bonds. The molecule has 0 saturated carbocycles. The molecule has 0 aliphatic heterocycles. The second kappa shape index (κ2) is 6.10. The first-order valence-electron chi connectivity index (χ1n) is 5.00. The molecule has 104 valence electrons. The number of nitrogens with zero attached hydrogens (tertiary/aromatic N) is 3. The predicted octanol–water partition coefficient (Wildman–Crippen LogP) is 0.970. The van der Waals surface area contributed by atoms with Gasteiger partial charge in [0.1, 0.15) is 17.5 Å². The van der Waals surface area contributed by atoms with Gasteiger partial charge in [-0.1, -0.05) is 0 Å². The van der Waals surface area contributed by atoms with E-state index in [9.17, 15) is 14.5 Å². The van der Waals surface area contributed by atoms with Crippen LogP contribution >= 0.6 is 0 Å². The third kappa shape index (κ3) is 3.16. The van der Waals surface area contributed by atoms with Gasteiger partial charge in [0.25, 0.3) is 0 Å². The lowest BCUT2D eigenvalue weighted by molar-refractivity contribution is -0.387. The summed E-state index contributed by atoms with van der Waals surface area (Å²) in [7, 11) is 1.23. The molecule has 0 aromatic heterocycles. The van der Waals surface area contributed by atoms with Gasteiger partial charge in [0.05, 0.1) is 12.0 Å². The number of anilines is 1. The second-order valence-corrected chi connectivity index (χ2v) is 3.36. The van der Waals surface area contributed by atoms with Gasteiger partial charge in [-0.3, -0.25) is 20.9 Å². The highest BCUT2D eigenvalue weighted by atomic mass is 19.1. The normalized spacial score (nSPS) is 10.6. The first-order chi connectivity index (χ1) is 9.40. The Kier molecular flexibility index (Phi) is 4.52. The molecule has 0 spiro atoms. The van der Waals surface area contributed by atoms with Crippen molar-refractivity contribution in [2.24, 2.45) is 10.8 Å². The van der Waals surface area contributed by atoms with Crippen LogP contribution in [0.2, 0.25) is 0 Å². The third-order valence-electron chi connectivity index (χ3n) is 2.11. The van der Waals surface area contributed by atoms with Crippen LogP contribution in [0.4, 0.5) is 15.8 Å². The van der Waals surface area contributed by atoms with Crippen molar-refractivity contribution >= 4 is 22.9 Å². The molecule has 0 atom stereocenters. The van der Waals surface area contributed by atoms with Gasteiger partial charge < -0.3 is 10.5 Å². The summed E-state index contributed by atoms with van der Waals surface area (Å²) in [6, 6.07) is 3.20. The number of benzene rings is 1. The number of nitrogens with one attached hydrogen (secondary N) is 2. The Labute approximate surface area is 112 Å². The summed E-state index contributed by atoms with van der Waals surface area (Å²) in [5, 5.41) is 29.8. The van der Waals surface area contributed by atoms with Crippen molar-refractivity contribution in [3.8, 4) is 11.8 Å². The number of nitriles is 1. The molecular weight excluding hydrogens is 271 g/mol. The number of hydrogen-bond acceptors (Lipinski definition) is 7. The Morgan fingerprint density at radius 3 is 2.80 bits per heavy atom. The average molecular weight is 280 g/mol. The summed E-state index contributed by atoms with van der Waals surface area (Å²) in [5.74, 6) is -1.72. The van der Waals surface area contributed by atoms with Crippen molar-refractivity contribution in [3.05, 3.63) is 28.1 Å². The maximum absolute atomic E-state index is 13.4. The monoisotopic (exact) mass is 280 g/mol. The molecule has 0 heterocycles. The van der Waals surface area contributed by atoms with Crippen molar-refractivity contribution in [3.63, 3.8) is 0 Å². The summed E-state index contributed by atoms with van der Waals surface area (Å²) in [6.07, 6.45) is 0. The Morgan fingerprint density at radius 2 is 2.35 bits per heavy atom. The van der Waals surface area contributed by atoms with Crippen LogP contribution in [-0.2, 0) is 0 Å². The van der Waals surface area contributed by atoms with E-state index in [0.29, 0.717) is 0 Å². The molecule has 9 nitrogen and oxygen atoms in total. The lowest BCUT2D eigenvalue weighted by Crippen LogP contribution is -2.21. The molecule has 1 aromatic rings. The number of nitro groups is 1. The van der Waals surface area contributed by atoms with E-state index in [2.05, 4.69) is 10.5 Å². The minimum atomic E-state index is -1.08. The van der Waals surface area contributed by atoms with Gasteiger partial charge in [-0.15, -0.1) is 0 Å². The summed E-state index contributed by atoms with van der Waals surface area (Å²) < 4.78 is 18.2. The zero-order valence-electron chi connectivity index (χ0n) is 10.2. The molecule has 0 saturated heterocycles. The summed E-state index contributed by atoms with van der Waals surface area (Å²) in [5.41, 5.74) is 6.08. The first-order valence-corrected chi connectivity index (χ1v) is 5.00. The van der Waals surface area contributed by atoms with Gasteiger partial charge in [0, 0.05) is 12.1 Å². The number of amidine groups is 1. The van der Waals surface area contributed by atoms with E-state index < -0.39 is 28.0 Å². The van der Waals surface area contributed by atoms with Gasteiger partial charge in [0.2, 0.25) is 11.5 Å². The molecule has 0 fully saturated rings. The molecule has 0 radical (unpaired) electrons. The highest BCUT2D eigenvalue weighted by molar-refractivity contribution is 6.45. The largest absolute Gasteiger partial charge is 0.494 e. The SMILES string of the molecule is COc1cc(F)c([N+](=O)[O-])cc1N/N=C(\C#N)C(=N)N. The van der Waals surface area contributed by atoms with Crippen molar-refractivity contribution < 1.29 is 14.1 Å². The summed E-state index contributed by atoms with van der Waals surface area (Å²) >= 11 is 0. The standard InChI is InChI=1S/C10H9FN6O3/c1-20-9-2-5(11)8(17(18)19)3-6(9)15-16-7(4-12)10(13)14/h2-3,15H,1H3,(H3,13,14)/b16-7+. The summed E-state index contributed by atoms with van der Waals surface area (Å²) in [6.45, 7) is 0. The zero-order chi connectivity index (χ0) is 15.3. The number of rotatable bonds is 5. The third-order valence-corrected chi connectivity index (χ3v) is 2.11. The van der Waals surface area contributed by atoms with E-state index in [1.54, 1.807) is 6.07 Å². The van der Waals surface area contributed by atoms with Crippen LogP contribution in [0, 0.1) is 32.7 Å². The van der Waals surface area contributed by atoms with E-state index in [4.69, 9.17) is 21.1 Å². The highest BCUT2D eigenvalue weighted by Gasteiger charge is 2.19. The van der Waals surface area contributed by atoms with Crippen molar-refractivity contribution in [1.29, 1.82) is 10.7 Å². The molecule has 0 aliphatic carbocycles. The van der Waals surface area contributed by atoms with E-state index in [-0.39, 0.29) is 11.4 Å². The van der Waals surface area contributed by atoms with Crippen molar-refractivity contribution in [1.82, 2.24) is 0 Å². The van der Waals surface area contributed by atoms with Crippen LogP contribution in [0.25, 0.3) is 0 Å². The van der Waals surface area contributed by atoms with Gasteiger partial charge in [-0.05, 0) is 0 Å². The van der Waals surface area contributed by atoms with Crippen LogP contribution in [0.5, 0.6) is 5.75 Å². The summed E-state index contributed by atoms with van der Waals surface area (Å²) in [4.78, 5) is 9.71. The van der Waals surface area contributed by atoms with Gasteiger partial charge in [0.15, 0.2) is 5.84 Å². The lowest BCUT2D eigenvalue weighted by Gasteiger charge is -2.08. The van der Waals surface area contributed by atoms with E-state index >= 15 is 0 Å².